The van der Waals surface area contributed by atoms with Crippen LogP contribution in [0.5, 0.6) is 0 Å². The van der Waals surface area contributed by atoms with Crippen LogP contribution in [0.3, 0.4) is 0 Å². The third-order valence-electron chi connectivity index (χ3n) is 4.33. The number of carbonyl (C=O) groups is 1. The highest BCUT2D eigenvalue weighted by Gasteiger charge is 2.04. The summed E-state index contributed by atoms with van der Waals surface area (Å²) in [7, 11) is 3.92. The molecular weight excluding hydrogens is 372 g/mol. The summed E-state index contributed by atoms with van der Waals surface area (Å²) in [5.74, 6) is 0.732. The molecule has 2 aromatic carbocycles. The lowest BCUT2D eigenvalue weighted by Gasteiger charge is -2.12. The Morgan fingerprint density at radius 2 is 1.77 bits per heavy atom. The van der Waals surface area contributed by atoms with E-state index >= 15 is 0 Å². The molecule has 0 aliphatic rings. The number of allylic oxidation sites excluding steroid dienone is 2. The summed E-state index contributed by atoms with van der Waals surface area (Å²) in [6.45, 7) is 11.6. The van der Waals surface area contributed by atoms with Gasteiger partial charge in [-0.25, -0.2) is 4.98 Å². The second kappa shape index (κ2) is 10.4. The number of ketones is 1. The number of hydrogen-bond donors (Lipinski definition) is 0. The Balaban J connectivity index is 0.000000232. The smallest absolute Gasteiger partial charge is 0.227 e. The van der Waals surface area contributed by atoms with E-state index in [1.165, 1.54) is 11.1 Å². The first-order chi connectivity index (χ1) is 14.2. The van der Waals surface area contributed by atoms with Crippen molar-refractivity contribution < 1.29 is 9.21 Å². The molecule has 1 heterocycles. The van der Waals surface area contributed by atoms with Crippen LogP contribution in [0.15, 0.2) is 64.6 Å². The molecule has 0 saturated carbocycles. The molecule has 0 radical (unpaired) electrons. The number of aryl methyl sites for hydroxylation is 1. The Morgan fingerprint density at radius 1 is 1.07 bits per heavy atom. The number of hydrogen-bond acceptors (Lipinski definition) is 4. The molecule has 0 aliphatic carbocycles. The van der Waals surface area contributed by atoms with Gasteiger partial charge in [-0.1, -0.05) is 48.1 Å². The number of nitrogens with zero attached hydrogens (tertiary/aromatic N) is 2. The molecule has 4 nitrogen and oxygen atoms in total. The minimum Gasteiger partial charge on any atom is -0.436 e. The van der Waals surface area contributed by atoms with E-state index in [4.69, 9.17) is 4.42 Å². The number of Topliss-reactive ketones (excluding diaryl/α,β-unsaturated/α-hetero) is 1. The van der Waals surface area contributed by atoms with Crippen LogP contribution >= 0.6 is 0 Å². The van der Waals surface area contributed by atoms with Gasteiger partial charge in [-0.05, 0) is 58.0 Å². The highest BCUT2D eigenvalue weighted by Crippen LogP contribution is 2.15. The normalized spacial score (nSPS) is 10.8. The lowest BCUT2D eigenvalue weighted by molar-refractivity contribution is 0.101. The van der Waals surface area contributed by atoms with Crippen molar-refractivity contribution >= 4 is 24.1 Å². The first kappa shape index (κ1) is 22.9. The van der Waals surface area contributed by atoms with E-state index in [2.05, 4.69) is 17.6 Å². The summed E-state index contributed by atoms with van der Waals surface area (Å²) in [6.07, 6.45) is 3.90. The van der Waals surface area contributed by atoms with E-state index in [-0.39, 0.29) is 5.78 Å². The number of benzene rings is 2. The summed E-state index contributed by atoms with van der Waals surface area (Å²) < 4.78 is 5.73. The quantitative estimate of drug-likeness (QED) is 0.590. The highest BCUT2D eigenvalue weighted by molar-refractivity contribution is 5.94. The van der Waals surface area contributed by atoms with Crippen LogP contribution in [0.25, 0.3) is 24.1 Å². The number of carbonyl (C=O) groups excluding carboxylic acids is 1. The van der Waals surface area contributed by atoms with Crippen molar-refractivity contribution in [3.05, 3.63) is 82.1 Å². The molecule has 0 saturated heterocycles. The first-order valence-electron chi connectivity index (χ1n) is 9.83. The average Bonchev–Trinajstić information content (AvgIpc) is 3.07. The lowest BCUT2D eigenvalue weighted by atomic mass is 10.1. The molecule has 0 N–H and O–H groups in total. The molecule has 4 heteroatoms. The fourth-order valence-electron chi connectivity index (χ4n) is 2.64. The Kier molecular flexibility index (Phi) is 7.93. The van der Waals surface area contributed by atoms with Crippen LogP contribution in [0.2, 0.25) is 0 Å². The van der Waals surface area contributed by atoms with Crippen molar-refractivity contribution in [2.75, 3.05) is 19.0 Å². The molecule has 0 unspecified atom stereocenters. The zero-order valence-corrected chi connectivity index (χ0v) is 18.7. The molecule has 3 rings (SSSR count). The topological polar surface area (TPSA) is 46.3 Å². The van der Waals surface area contributed by atoms with Gasteiger partial charge in [0.25, 0.3) is 0 Å². The maximum atomic E-state index is 11.0. The molecule has 156 valence electrons. The summed E-state index contributed by atoms with van der Waals surface area (Å²) >= 11 is 0. The Hall–Kier alpha value is -3.40. The van der Waals surface area contributed by atoms with Gasteiger partial charge < -0.3 is 9.32 Å². The zero-order chi connectivity index (χ0) is 22.3. The van der Waals surface area contributed by atoms with E-state index < -0.39 is 0 Å². The summed E-state index contributed by atoms with van der Waals surface area (Å²) in [6, 6.07) is 15.7. The number of oxazole rings is 1. The average molecular weight is 403 g/mol. The third-order valence-corrected chi connectivity index (χ3v) is 4.33. The molecule has 0 aliphatic heterocycles. The molecule has 0 bridgehead atoms. The minimum absolute atomic E-state index is 0.110. The van der Waals surface area contributed by atoms with Crippen LogP contribution in [-0.2, 0) is 0 Å². The summed E-state index contributed by atoms with van der Waals surface area (Å²) in [5.41, 5.74) is 5.92. The van der Waals surface area contributed by atoms with Gasteiger partial charge in [-0.15, -0.1) is 0 Å². The van der Waals surface area contributed by atoms with Crippen LogP contribution < -0.4 is 15.7 Å². The predicted octanol–water partition coefficient (Wildman–Crippen LogP) is 4.76. The zero-order valence-electron chi connectivity index (χ0n) is 18.7. The van der Waals surface area contributed by atoms with Gasteiger partial charge in [0.05, 0.1) is 0 Å². The van der Waals surface area contributed by atoms with Gasteiger partial charge in [0.2, 0.25) is 5.89 Å². The molecule has 30 heavy (non-hydrogen) atoms. The summed E-state index contributed by atoms with van der Waals surface area (Å²) in [4.78, 5) is 17.3. The number of aromatic nitrogens is 1. The highest BCUT2D eigenvalue weighted by atomic mass is 16.3. The largest absolute Gasteiger partial charge is 0.436 e. The van der Waals surface area contributed by atoms with Gasteiger partial charge in [0.1, 0.15) is 5.35 Å². The maximum absolute atomic E-state index is 11.0. The van der Waals surface area contributed by atoms with Crippen molar-refractivity contribution in [1.82, 2.24) is 4.98 Å². The van der Waals surface area contributed by atoms with Gasteiger partial charge >= 0.3 is 0 Å². The van der Waals surface area contributed by atoms with E-state index in [1.54, 1.807) is 6.92 Å². The molecular formula is C26H30N2O2. The van der Waals surface area contributed by atoms with Crippen LogP contribution in [0, 0.1) is 6.92 Å². The Labute approximate surface area is 178 Å². The lowest BCUT2D eigenvalue weighted by Crippen LogP contribution is -2.19. The second-order valence-corrected chi connectivity index (χ2v) is 7.61. The van der Waals surface area contributed by atoms with Gasteiger partial charge in [-0.2, -0.15) is 0 Å². The SMILES string of the molecule is C=c1nc(-c2cccc(C)c2)o/c1=C/C=C(C)C.CC(=O)c1cccc(N(C)C)c1. The Morgan fingerprint density at radius 3 is 2.37 bits per heavy atom. The maximum Gasteiger partial charge on any atom is 0.227 e. The number of anilines is 1. The van der Waals surface area contributed by atoms with Crippen LogP contribution in [0.1, 0.15) is 36.7 Å². The fraction of sp³-hybridized carbons (Fsp3) is 0.231. The molecule has 0 amide bonds. The van der Waals surface area contributed by atoms with E-state index in [1.807, 2.05) is 94.4 Å². The molecule has 1 aromatic heterocycles. The first-order valence-corrected chi connectivity index (χ1v) is 9.83. The molecule has 0 fully saturated rings. The van der Waals surface area contributed by atoms with Gasteiger partial charge in [-0.3, -0.25) is 4.79 Å². The van der Waals surface area contributed by atoms with Crippen molar-refractivity contribution in [1.29, 1.82) is 0 Å². The molecule has 0 spiro atoms. The predicted molar refractivity (Wildman–Crippen MR) is 126 cm³/mol. The summed E-state index contributed by atoms with van der Waals surface area (Å²) in [5, 5.41) is 0.670. The van der Waals surface area contributed by atoms with Crippen molar-refractivity contribution in [2.45, 2.75) is 27.7 Å². The second-order valence-electron chi connectivity index (χ2n) is 7.61. The van der Waals surface area contributed by atoms with E-state index in [9.17, 15) is 4.79 Å². The van der Waals surface area contributed by atoms with Crippen LogP contribution in [0.4, 0.5) is 5.69 Å². The fourth-order valence-corrected chi connectivity index (χ4v) is 2.64. The van der Waals surface area contributed by atoms with Gasteiger partial charge in [0, 0.05) is 30.9 Å². The van der Waals surface area contributed by atoms with E-state index in [0.29, 0.717) is 16.7 Å². The Bertz CT molecular complexity index is 1150. The molecule has 3 aromatic rings. The van der Waals surface area contributed by atoms with Crippen molar-refractivity contribution in [2.24, 2.45) is 0 Å². The van der Waals surface area contributed by atoms with Crippen molar-refractivity contribution in [3.8, 4) is 11.5 Å². The molecule has 0 atom stereocenters. The standard InChI is InChI=1S/C16H17NO.C10H13NO/c1-11(2)8-9-15-13(4)17-16(18-15)14-7-5-6-12(3)10-14;1-8(12)9-5-4-6-10(7-9)11(2)3/h5-10H,4H2,1-3H3;4-7H,1-3H3/b15-9+;. The number of rotatable bonds is 4. The van der Waals surface area contributed by atoms with Gasteiger partial charge in [0.15, 0.2) is 11.2 Å². The van der Waals surface area contributed by atoms with Crippen LogP contribution in [-0.4, -0.2) is 24.9 Å². The monoisotopic (exact) mass is 402 g/mol. The van der Waals surface area contributed by atoms with Crippen molar-refractivity contribution in [3.63, 3.8) is 0 Å². The third kappa shape index (κ3) is 6.59. The minimum atomic E-state index is 0.110. The van der Waals surface area contributed by atoms with E-state index in [0.717, 1.165) is 16.8 Å².